The number of hydrogen-bond acceptors (Lipinski definition) is 5. The van der Waals surface area contributed by atoms with Gasteiger partial charge in [-0.2, -0.15) is 0 Å². The van der Waals surface area contributed by atoms with Crippen molar-refractivity contribution in [1.29, 1.82) is 0 Å². The highest BCUT2D eigenvalue weighted by Crippen LogP contribution is 1.95. The van der Waals surface area contributed by atoms with E-state index in [0.717, 1.165) is 19.6 Å². The van der Waals surface area contributed by atoms with Crippen LogP contribution >= 0.6 is 0 Å². The second kappa shape index (κ2) is 12.4. The summed E-state index contributed by atoms with van der Waals surface area (Å²) in [6.45, 7) is 11.3. The van der Waals surface area contributed by atoms with Crippen molar-refractivity contribution in [2.75, 3.05) is 39.6 Å². The average Bonchev–Trinajstić information content (AvgIpc) is 2.36. The number of carbonyl (C=O) groups is 1. The van der Waals surface area contributed by atoms with Gasteiger partial charge in [-0.15, -0.1) is 0 Å². The molecule has 0 rings (SSSR count). The van der Waals surface area contributed by atoms with Crippen LogP contribution in [0.4, 0.5) is 0 Å². The molecule has 0 aromatic heterocycles. The lowest BCUT2D eigenvalue weighted by molar-refractivity contribution is -0.147. The number of rotatable bonds is 12. The third kappa shape index (κ3) is 10.9. The fourth-order valence-electron chi connectivity index (χ4n) is 1.41. The molecule has 114 valence electrons. The second-order valence-corrected chi connectivity index (χ2v) is 4.80. The van der Waals surface area contributed by atoms with Crippen molar-refractivity contribution in [3.05, 3.63) is 0 Å². The van der Waals surface area contributed by atoms with Gasteiger partial charge in [-0.25, -0.2) is 0 Å². The van der Waals surface area contributed by atoms with Crippen molar-refractivity contribution in [1.82, 2.24) is 5.32 Å². The van der Waals surface area contributed by atoms with E-state index in [1.807, 2.05) is 0 Å². The third-order valence-electron chi connectivity index (χ3n) is 2.32. The topological polar surface area (TPSA) is 56.8 Å². The summed E-state index contributed by atoms with van der Waals surface area (Å²) in [6, 6.07) is -0.384. The van der Waals surface area contributed by atoms with Crippen LogP contribution in [0.3, 0.4) is 0 Å². The van der Waals surface area contributed by atoms with Gasteiger partial charge in [0.05, 0.1) is 26.4 Å². The first kappa shape index (κ1) is 18.4. The molecule has 1 atom stereocenters. The Kier molecular flexibility index (Phi) is 12.0. The molecule has 5 nitrogen and oxygen atoms in total. The number of esters is 1. The van der Waals surface area contributed by atoms with Crippen LogP contribution in [0.2, 0.25) is 0 Å². The molecule has 0 aliphatic rings. The predicted octanol–water partition coefficient (Wildman–Crippen LogP) is 1.61. The molecule has 0 fully saturated rings. The lowest BCUT2D eigenvalue weighted by Crippen LogP contribution is -2.42. The molecular formula is C14H29NO4. The third-order valence-corrected chi connectivity index (χ3v) is 2.32. The Labute approximate surface area is 117 Å². The van der Waals surface area contributed by atoms with Crippen LogP contribution in [-0.2, 0) is 19.0 Å². The summed E-state index contributed by atoms with van der Waals surface area (Å²) in [5.41, 5.74) is 0. The van der Waals surface area contributed by atoms with E-state index in [0.29, 0.717) is 32.3 Å². The van der Waals surface area contributed by atoms with Gasteiger partial charge in [-0.3, -0.25) is 4.79 Å². The monoisotopic (exact) mass is 275 g/mol. The van der Waals surface area contributed by atoms with E-state index in [9.17, 15) is 4.79 Å². The van der Waals surface area contributed by atoms with Gasteiger partial charge in [0, 0.05) is 6.61 Å². The van der Waals surface area contributed by atoms with Crippen molar-refractivity contribution < 1.29 is 19.0 Å². The highest BCUT2D eigenvalue weighted by Gasteiger charge is 2.18. The Bertz CT molecular complexity index is 221. The zero-order valence-corrected chi connectivity index (χ0v) is 12.7. The Morgan fingerprint density at radius 3 is 2.26 bits per heavy atom. The lowest BCUT2D eigenvalue weighted by Gasteiger charge is -2.17. The maximum atomic E-state index is 11.7. The molecule has 1 N–H and O–H groups in total. The van der Waals surface area contributed by atoms with Crippen molar-refractivity contribution in [2.45, 2.75) is 40.2 Å². The quantitative estimate of drug-likeness (QED) is 0.433. The van der Waals surface area contributed by atoms with Crippen molar-refractivity contribution in [3.8, 4) is 0 Å². The standard InChI is InChI=1S/C14H29NO4/c1-5-7-15-13(14(16)19-6-2)11-18-9-8-17-10-12(3)4/h12-13,15H,5-11H2,1-4H3. The zero-order valence-electron chi connectivity index (χ0n) is 12.7. The van der Waals surface area contributed by atoms with Gasteiger partial charge in [0.15, 0.2) is 0 Å². The van der Waals surface area contributed by atoms with E-state index < -0.39 is 0 Å². The van der Waals surface area contributed by atoms with E-state index in [2.05, 4.69) is 26.1 Å². The minimum atomic E-state index is -0.384. The predicted molar refractivity (Wildman–Crippen MR) is 75.2 cm³/mol. The molecule has 0 aliphatic heterocycles. The Morgan fingerprint density at radius 2 is 1.74 bits per heavy atom. The SMILES string of the molecule is CCCNC(COCCOCC(C)C)C(=O)OCC. The summed E-state index contributed by atoms with van der Waals surface area (Å²) in [5.74, 6) is 0.276. The minimum Gasteiger partial charge on any atom is -0.465 e. The molecule has 0 aromatic carbocycles. The van der Waals surface area contributed by atoms with E-state index in [1.54, 1.807) is 6.92 Å². The maximum Gasteiger partial charge on any atom is 0.325 e. The maximum absolute atomic E-state index is 11.7. The molecule has 0 bridgehead atoms. The smallest absolute Gasteiger partial charge is 0.325 e. The van der Waals surface area contributed by atoms with Crippen LogP contribution in [0.25, 0.3) is 0 Å². The molecule has 0 saturated carbocycles. The van der Waals surface area contributed by atoms with E-state index >= 15 is 0 Å². The van der Waals surface area contributed by atoms with Gasteiger partial charge in [-0.1, -0.05) is 20.8 Å². The summed E-state index contributed by atoms with van der Waals surface area (Å²) in [7, 11) is 0. The van der Waals surface area contributed by atoms with E-state index in [-0.39, 0.29) is 12.0 Å². The molecule has 0 saturated heterocycles. The molecular weight excluding hydrogens is 246 g/mol. The molecule has 5 heteroatoms. The van der Waals surface area contributed by atoms with Crippen LogP contribution in [0.1, 0.15) is 34.1 Å². The zero-order chi connectivity index (χ0) is 14.5. The fraction of sp³-hybridized carbons (Fsp3) is 0.929. The van der Waals surface area contributed by atoms with Gasteiger partial charge in [0.25, 0.3) is 0 Å². The first-order chi connectivity index (χ1) is 9.11. The van der Waals surface area contributed by atoms with Gasteiger partial charge in [0.2, 0.25) is 0 Å². The summed E-state index contributed by atoms with van der Waals surface area (Å²) in [5, 5.41) is 3.12. The Morgan fingerprint density at radius 1 is 1.11 bits per heavy atom. The highest BCUT2D eigenvalue weighted by atomic mass is 16.5. The number of hydrogen-bond donors (Lipinski definition) is 1. The van der Waals surface area contributed by atoms with Crippen LogP contribution in [0, 0.1) is 5.92 Å². The highest BCUT2D eigenvalue weighted by molar-refractivity contribution is 5.75. The molecule has 0 spiro atoms. The fourth-order valence-corrected chi connectivity index (χ4v) is 1.41. The summed E-state index contributed by atoms with van der Waals surface area (Å²) >= 11 is 0. The van der Waals surface area contributed by atoms with Crippen molar-refractivity contribution in [2.24, 2.45) is 5.92 Å². The molecule has 1 unspecified atom stereocenters. The normalized spacial score (nSPS) is 12.7. The summed E-state index contributed by atoms with van der Waals surface area (Å²) < 4.78 is 15.9. The second-order valence-electron chi connectivity index (χ2n) is 4.80. The number of ether oxygens (including phenoxy) is 3. The Balaban J connectivity index is 3.76. The average molecular weight is 275 g/mol. The van der Waals surface area contributed by atoms with Gasteiger partial charge >= 0.3 is 5.97 Å². The molecule has 0 heterocycles. The number of carbonyl (C=O) groups excluding carboxylic acids is 1. The van der Waals surface area contributed by atoms with Crippen LogP contribution in [-0.4, -0.2) is 51.6 Å². The Hall–Kier alpha value is -0.650. The molecule has 0 aromatic rings. The van der Waals surface area contributed by atoms with E-state index in [4.69, 9.17) is 14.2 Å². The van der Waals surface area contributed by atoms with Crippen LogP contribution in [0.5, 0.6) is 0 Å². The van der Waals surface area contributed by atoms with Crippen molar-refractivity contribution in [3.63, 3.8) is 0 Å². The van der Waals surface area contributed by atoms with Gasteiger partial charge in [-0.05, 0) is 25.8 Å². The van der Waals surface area contributed by atoms with Gasteiger partial charge < -0.3 is 19.5 Å². The largest absolute Gasteiger partial charge is 0.465 e. The summed E-state index contributed by atoms with van der Waals surface area (Å²) in [4.78, 5) is 11.7. The first-order valence-electron chi connectivity index (χ1n) is 7.17. The molecule has 19 heavy (non-hydrogen) atoms. The lowest BCUT2D eigenvalue weighted by atomic mass is 10.2. The number of nitrogens with one attached hydrogen (secondary N) is 1. The minimum absolute atomic E-state index is 0.251. The molecule has 0 aliphatic carbocycles. The molecule has 0 radical (unpaired) electrons. The van der Waals surface area contributed by atoms with Gasteiger partial charge in [0.1, 0.15) is 6.04 Å². The molecule has 0 amide bonds. The summed E-state index contributed by atoms with van der Waals surface area (Å²) in [6.07, 6.45) is 0.966. The first-order valence-corrected chi connectivity index (χ1v) is 7.17. The van der Waals surface area contributed by atoms with Crippen LogP contribution in [0.15, 0.2) is 0 Å². The van der Waals surface area contributed by atoms with E-state index in [1.165, 1.54) is 0 Å². The van der Waals surface area contributed by atoms with Crippen molar-refractivity contribution >= 4 is 5.97 Å². The van der Waals surface area contributed by atoms with Crippen LogP contribution < -0.4 is 5.32 Å².